The van der Waals surface area contributed by atoms with Crippen molar-refractivity contribution in [1.29, 1.82) is 0 Å². The van der Waals surface area contributed by atoms with Crippen molar-refractivity contribution in [2.24, 2.45) is 5.92 Å². The zero-order valence-corrected chi connectivity index (χ0v) is 14.4. The molecule has 1 aliphatic rings. The van der Waals surface area contributed by atoms with Crippen LogP contribution in [0, 0.1) is 11.7 Å². The number of nitrogens with one attached hydrogen (secondary N) is 2. The molecular weight excluding hydrogens is 345 g/mol. The predicted molar refractivity (Wildman–Crippen MR) is 102 cm³/mol. The first kappa shape index (κ1) is 15.7. The SMILES string of the molecule is C=Cc1c(F)cc2[nH]ncc2c1-c1ccc2nc(NC(=O)C3CC3)cn2c1. The third-order valence-electron chi connectivity index (χ3n) is 4.88. The van der Waals surface area contributed by atoms with Crippen LogP contribution < -0.4 is 5.32 Å². The number of aromatic amines is 1. The standard InChI is InChI=1S/C20H16FN5O/c1-2-13-15(21)7-16-14(8-22-25-16)19(13)12-5-6-18-23-17(10-26(18)9-12)24-20(27)11-3-4-11/h2,5-11H,1,3-4H2,(H,22,25)(H,24,27). The minimum Gasteiger partial charge on any atom is -0.309 e. The van der Waals surface area contributed by atoms with Crippen molar-refractivity contribution in [2.45, 2.75) is 12.8 Å². The summed E-state index contributed by atoms with van der Waals surface area (Å²) in [5.74, 6) is 0.278. The van der Waals surface area contributed by atoms with E-state index < -0.39 is 0 Å². The van der Waals surface area contributed by atoms with Crippen molar-refractivity contribution in [1.82, 2.24) is 19.6 Å². The monoisotopic (exact) mass is 361 g/mol. The molecule has 0 atom stereocenters. The number of halogens is 1. The van der Waals surface area contributed by atoms with E-state index in [9.17, 15) is 9.18 Å². The molecule has 1 amide bonds. The zero-order chi connectivity index (χ0) is 18.5. The van der Waals surface area contributed by atoms with Gasteiger partial charge in [0.2, 0.25) is 5.91 Å². The summed E-state index contributed by atoms with van der Waals surface area (Å²) in [6.45, 7) is 3.75. The van der Waals surface area contributed by atoms with Crippen LogP contribution in [0.2, 0.25) is 0 Å². The Morgan fingerprint density at radius 3 is 3.00 bits per heavy atom. The van der Waals surface area contributed by atoms with E-state index in [4.69, 9.17) is 0 Å². The van der Waals surface area contributed by atoms with Crippen LogP contribution >= 0.6 is 0 Å². The summed E-state index contributed by atoms with van der Waals surface area (Å²) in [6, 6.07) is 5.14. The molecule has 5 rings (SSSR count). The topological polar surface area (TPSA) is 75.1 Å². The summed E-state index contributed by atoms with van der Waals surface area (Å²) in [4.78, 5) is 16.4. The summed E-state index contributed by atoms with van der Waals surface area (Å²) in [5, 5.41) is 10.5. The average molecular weight is 361 g/mol. The summed E-state index contributed by atoms with van der Waals surface area (Å²) < 4.78 is 16.3. The van der Waals surface area contributed by atoms with Crippen molar-refractivity contribution >= 4 is 34.4 Å². The van der Waals surface area contributed by atoms with E-state index in [1.807, 2.05) is 22.7 Å². The number of fused-ring (bicyclic) bond motifs is 2. The van der Waals surface area contributed by atoms with Gasteiger partial charge in [-0.3, -0.25) is 9.89 Å². The van der Waals surface area contributed by atoms with Crippen molar-refractivity contribution in [3.8, 4) is 11.1 Å². The third kappa shape index (κ3) is 2.59. The third-order valence-corrected chi connectivity index (χ3v) is 4.88. The van der Waals surface area contributed by atoms with Crippen molar-refractivity contribution in [3.05, 3.63) is 54.7 Å². The number of nitrogens with zero attached hydrogens (tertiary/aromatic N) is 3. The van der Waals surface area contributed by atoms with Crippen molar-refractivity contribution in [3.63, 3.8) is 0 Å². The van der Waals surface area contributed by atoms with E-state index in [1.54, 1.807) is 12.4 Å². The highest BCUT2D eigenvalue weighted by Gasteiger charge is 2.30. The van der Waals surface area contributed by atoms with Gasteiger partial charge in [0, 0.05) is 34.7 Å². The van der Waals surface area contributed by atoms with Gasteiger partial charge in [0.05, 0.1) is 17.9 Å². The van der Waals surface area contributed by atoms with Gasteiger partial charge in [0.1, 0.15) is 11.5 Å². The molecule has 0 saturated heterocycles. The average Bonchev–Trinajstić information content (AvgIpc) is 3.28. The number of rotatable bonds is 4. The largest absolute Gasteiger partial charge is 0.309 e. The molecule has 1 fully saturated rings. The quantitative estimate of drug-likeness (QED) is 0.577. The van der Waals surface area contributed by atoms with Crippen molar-refractivity contribution < 1.29 is 9.18 Å². The molecule has 1 aliphatic carbocycles. The Morgan fingerprint density at radius 1 is 1.37 bits per heavy atom. The van der Waals surface area contributed by atoms with Gasteiger partial charge in [-0.15, -0.1) is 0 Å². The maximum absolute atomic E-state index is 14.5. The van der Waals surface area contributed by atoms with E-state index >= 15 is 0 Å². The highest BCUT2D eigenvalue weighted by molar-refractivity contribution is 5.99. The van der Waals surface area contributed by atoms with Crippen LogP contribution in [-0.4, -0.2) is 25.5 Å². The summed E-state index contributed by atoms with van der Waals surface area (Å²) >= 11 is 0. The van der Waals surface area contributed by atoms with E-state index in [2.05, 4.69) is 27.1 Å². The number of amides is 1. The number of anilines is 1. The number of pyridine rings is 1. The molecule has 6 nitrogen and oxygen atoms in total. The Labute approximate surface area is 153 Å². The Balaban J connectivity index is 1.63. The lowest BCUT2D eigenvalue weighted by Gasteiger charge is -2.10. The fraction of sp³-hybridized carbons (Fsp3) is 0.150. The van der Waals surface area contributed by atoms with Gasteiger partial charge in [-0.1, -0.05) is 12.7 Å². The normalized spacial score (nSPS) is 14.0. The van der Waals surface area contributed by atoms with Crippen LogP contribution in [0.5, 0.6) is 0 Å². The van der Waals surface area contributed by atoms with Gasteiger partial charge in [-0.2, -0.15) is 5.10 Å². The number of carbonyl (C=O) groups is 1. The van der Waals surface area contributed by atoms with E-state index in [1.165, 1.54) is 12.1 Å². The fourth-order valence-electron chi connectivity index (χ4n) is 3.36. The number of hydrogen-bond donors (Lipinski definition) is 2. The minimum absolute atomic E-state index is 0.0119. The Hall–Kier alpha value is -3.48. The van der Waals surface area contributed by atoms with Gasteiger partial charge in [0.15, 0.2) is 5.82 Å². The molecule has 2 N–H and O–H groups in total. The number of benzene rings is 1. The van der Waals surface area contributed by atoms with E-state index in [0.717, 1.165) is 23.8 Å². The number of imidazole rings is 1. The smallest absolute Gasteiger partial charge is 0.228 e. The highest BCUT2D eigenvalue weighted by Crippen LogP contribution is 2.34. The van der Waals surface area contributed by atoms with E-state index in [-0.39, 0.29) is 17.6 Å². The lowest BCUT2D eigenvalue weighted by molar-refractivity contribution is -0.117. The van der Waals surface area contributed by atoms with E-state index in [0.29, 0.717) is 28.1 Å². The molecule has 0 spiro atoms. The Bertz CT molecular complexity index is 1220. The fourth-order valence-corrected chi connectivity index (χ4v) is 3.36. The lowest BCUT2D eigenvalue weighted by Crippen LogP contribution is -2.13. The summed E-state index contributed by atoms with van der Waals surface area (Å²) in [5.41, 5.74) is 3.26. The minimum atomic E-state index is -0.361. The molecule has 0 bridgehead atoms. The Morgan fingerprint density at radius 2 is 2.22 bits per heavy atom. The number of aromatic nitrogens is 4. The first-order chi connectivity index (χ1) is 13.1. The molecule has 4 aromatic rings. The van der Waals surface area contributed by atoms with Gasteiger partial charge >= 0.3 is 0 Å². The van der Waals surface area contributed by atoms with Crippen molar-refractivity contribution in [2.75, 3.05) is 5.32 Å². The molecule has 134 valence electrons. The molecule has 1 saturated carbocycles. The molecule has 7 heteroatoms. The maximum Gasteiger partial charge on any atom is 0.228 e. The summed E-state index contributed by atoms with van der Waals surface area (Å²) in [7, 11) is 0. The number of hydrogen-bond acceptors (Lipinski definition) is 3. The molecule has 3 aromatic heterocycles. The molecular formula is C20H16FN5O. The molecule has 0 unspecified atom stereocenters. The molecule has 27 heavy (non-hydrogen) atoms. The molecule has 0 aliphatic heterocycles. The number of carbonyl (C=O) groups excluding carboxylic acids is 1. The van der Waals surface area contributed by atoms with Gasteiger partial charge in [0.25, 0.3) is 0 Å². The second-order valence-corrected chi connectivity index (χ2v) is 6.76. The second-order valence-electron chi connectivity index (χ2n) is 6.76. The van der Waals surface area contributed by atoms with Crippen LogP contribution in [0.3, 0.4) is 0 Å². The predicted octanol–water partition coefficient (Wildman–Crippen LogP) is 4.01. The van der Waals surface area contributed by atoms with Crippen LogP contribution in [0.4, 0.5) is 10.2 Å². The molecule has 1 aromatic carbocycles. The van der Waals surface area contributed by atoms with Gasteiger partial charge in [-0.25, -0.2) is 9.37 Å². The number of H-pyrrole nitrogens is 1. The molecule has 3 heterocycles. The van der Waals surface area contributed by atoms with Gasteiger partial charge < -0.3 is 9.72 Å². The van der Waals surface area contributed by atoms with Crippen LogP contribution in [-0.2, 0) is 4.79 Å². The lowest BCUT2D eigenvalue weighted by atomic mass is 9.97. The van der Waals surface area contributed by atoms with Crippen LogP contribution in [0.25, 0.3) is 33.8 Å². The first-order valence-electron chi connectivity index (χ1n) is 8.72. The first-order valence-corrected chi connectivity index (χ1v) is 8.72. The van der Waals surface area contributed by atoms with Crippen LogP contribution in [0.1, 0.15) is 18.4 Å². The Kier molecular flexibility index (Phi) is 3.36. The molecule has 0 radical (unpaired) electrons. The maximum atomic E-state index is 14.5. The zero-order valence-electron chi connectivity index (χ0n) is 14.4. The van der Waals surface area contributed by atoms with Gasteiger partial charge in [-0.05, 0) is 30.5 Å². The van der Waals surface area contributed by atoms with Crippen LogP contribution in [0.15, 0.2) is 43.4 Å². The summed E-state index contributed by atoms with van der Waals surface area (Å²) in [6.07, 6.45) is 8.69. The second kappa shape index (κ2) is 5.77. The highest BCUT2D eigenvalue weighted by atomic mass is 19.1.